The Kier molecular flexibility index (Phi) is 4.90. The number of carbonyl (C=O) groups is 1. The number of ether oxygens (including phenoxy) is 1. The Bertz CT molecular complexity index is 424. The molecule has 1 amide bonds. The van der Waals surface area contributed by atoms with Crippen molar-refractivity contribution in [2.24, 2.45) is 0 Å². The van der Waals surface area contributed by atoms with Crippen LogP contribution in [0.3, 0.4) is 0 Å². The van der Waals surface area contributed by atoms with E-state index in [4.69, 9.17) is 9.15 Å². The van der Waals surface area contributed by atoms with E-state index in [0.717, 1.165) is 6.42 Å². The van der Waals surface area contributed by atoms with Crippen LogP contribution in [0.4, 0.5) is 0 Å². The first kappa shape index (κ1) is 13.4. The number of hydrogen-bond donors (Lipinski definition) is 1. The molecular formula is C12H17NO4. The van der Waals surface area contributed by atoms with Crippen LogP contribution in [0.5, 0.6) is 0 Å². The topological polar surface area (TPSA) is 68.5 Å². The summed E-state index contributed by atoms with van der Waals surface area (Å²) in [4.78, 5) is 22.9. The summed E-state index contributed by atoms with van der Waals surface area (Å²) in [6.07, 6.45) is 0.747. The summed E-state index contributed by atoms with van der Waals surface area (Å²) < 4.78 is 9.78. The fourth-order valence-corrected chi connectivity index (χ4v) is 1.60. The molecule has 1 aromatic rings. The molecule has 94 valence electrons. The van der Waals surface area contributed by atoms with Crippen molar-refractivity contribution in [1.29, 1.82) is 0 Å². The molecule has 5 heteroatoms. The molecule has 0 unspecified atom stereocenters. The van der Waals surface area contributed by atoms with E-state index in [2.05, 4.69) is 5.32 Å². The minimum atomic E-state index is -0.434. The van der Waals surface area contributed by atoms with Crippen LogP contribution in [0.25, 0.3) is 0 Å². The first-order chi connectivity index (χ1) is 8.06. The van der Waals surface area contributed by atoms with Gasteiger partial charge in [0.1, 0.15) is 5.76 Å². The summed E-state index contributed by atoms with van der Waals surface area (Å²) in [5, 5.41) is 2.75. The largest absolute Gasteiger partial charge is 0.427 e. The number of rotatable bonds is 5. The average Bonchev–Trinajstić information content (AvgIpc) is 2.23. The van der Waals surface area contributed by atoms with E-state index >= 15 is 0 Å². The van der Waals surface area contributed by atoms with Gasteiger partial charge in [0, 0.05) is 26.3 Å². The lowest BCUT2D eigenvalue weighted by atomic mass is 10.1. The summed E-state index contributed by atoms with van der Waals surface area (Å²) in [7, 11) is 1.61. The van der Waals surface area contributed by atoms with Crippen molar-refractivity contribution in [1.82, 2.24) is 5.32 Å². The summed E-state index contributed by atoms with van der Waals surface area (Å²) in [5.41, 5.74) is 0.626. The van der Waals surface area contributed by atoms with Gasteiger partial charge >= 0.3 is 5.63 Å². The maximum absolute atomic E-state index is 11.8. The molecule has 0 spiro atoms. The van der Waals surface area contributed by atoms with Crippen LogP contribution < -0.4 is 10.9 Å². The molecule has 0 aliphatic heterocycles. The maximum Gasteiger partial charge on any atom is 0.336 e. The lowest BCUT2D eigenvalue weighted by Gasteiger charge is -2.08. The molecular weight excluding hydrogens is 222 g/mol. The van der Waals surface area contributed by atoms with E-state index in [1.165, 1.54) is 6.07 Å². The Labute approximate surface area is 99.8 Å². The van der Waals surface area contributed by atoms with Gasteiger partial charge in [-0.15, -0.1) is 0 Å². The van der Waals surface area contributed by atoms with Gasteiger partial charge in [-0.3, -0.25) is 4.79 Å². The van der Waals surface area contributed by atoms with Crippen molar-refractivity contribution in [2.45, 2.75) is 20.3 Å². The first-order valence-corrected chi connectivity index (χ1v) is 5.44. The van der Waals surface area contributed by atoms with E-state index in [9.17, 15) is 9.59 Å². The van der Waals surface area contributed by atoms with Gasteiger partial charge in [0.05, 0.1) is 5.56 Å². The van der Waals surface area contributed by atoms with Crippen LogP contribution in [-0.2, 0) is 4.74 Å². The molecule has 1 aromatic heterocycles. The molecule has 0 atom stereocenters. The quantitative estimate of drug-likeness (QED) is 0.779. The van der Waals surface area contributed by atoms with Crippen molar-refractivity contribution in [3.63, 3.8) is 0 Å². The van der Waals surface area contributed by atoms with Gasteiger partial charge < -0.3 is 14.5 Å². The second-order valence-corrected chi connectivity index (χ2v) is 3.78. The molecule has 0 saturated heterocycles. The number of carbonyl (C=O) groups excluding carboxylic acids is 1. The smallest absolute Gasteiger partial charge is 0.336 e. The molecule has 1 heterocycles. The van der Waals surface area contributed by atoms with Crippen LogP contribution in [0.1, 0.15) is 28.1 Å². The zero-order valence-corrected chi connectivity index (χ0v) is 10.3. The monoisotopic (exact) mass is 239 g/mol. The maximum atomic E-state index is 11.8. The molecule has 1 rings (SSSR count). The third kappa shape index (κ3) is 3.71. The molecule has 0 saturated carbocycles. The number of hydrogen-bond acceptors (Lipinski definition) is 4. The highest BCUT2D eigenvalue weighted by molar-refractivity contribution is 5.96. The summed E-state index contributed by atoms with van der Waals surface area (Å²) in [6.45, 7) is 4.46. The van der Waals surface area contributed by atoms with Gasteiger partial charge in [0.15, 0.2) is 0 Å². The number of aryl methyl sites for hydroxylation is 2. The normalized spacial score (nSPS) is 10.3. The highest BCUT2D eigenvalue weighted by Gasteiger charge is 2.14. The average molecular weight is 239 g/mol. The van der Waals surface area contributed by atoms with Gasteiger partial charge in [0.2, 0.25) is 0 Å². The molecule has 5 nitrogen and oxygen atoms in total. The second-order valence-electron chi connectivity index (χ2n) is 3.78. The molecule has 0 bridgehead atoms. The third-order valence-corrected chi connectivity index (χ3v) is 2.37. The minimum Gasteiger partial charge on any atom is -0.427 e. The molecule has 0 fully saturated rings. The van der Waals surface area contributed by atoms with Crippen molar-refractivity contribution < 1.29 is 13.9 Å². The van der Waals surface area contributed by atoms with E-state index in [-0.39, 0.29) is 5.91 Å². The van der Waals surface area contributed by atoms with Gasteiger partial charge in [-0.05, 0) is 25.8 Å². The Balaban J connectivity index is 2.72. The Morgan fingerprint density at radius 2 is 2.18 bits per heavy atom. The Morgan fingerprint density at radius 1 is 1.47 bits per heavy atom. The van der Waals surface area contributed by atoms with Crippen molar-refractivity contribution in [3.8, 4) is 0 Å². The minimum absolute atomic E-state index is 0.222. The predicted molar refractivity (Wildman–Crippen MR) is 63.3 cm³/mol. The fourth-order valence-electron chi connectivity index (χ4n) is 1.60. The van der Waals surface area contributed by atoms with Crippen molar-refractivity contribution in [2.75, 3.05) is 20.3 Å². The van der Waals surface area contributed by atoms with Crippen LogP contribution in [0.15, 0.2) is 15.3 Å². The Hall–Kier alpha value is -1.62. The molecule has 0 aliphatic rings. The Morgan fingerprint density at radius 3 is 2.76 bits per heavy atom. The summed E-state index contributed by atoms with van der Waals surface area (Å²) >= 11 is 0. The second kappa shape index (κ2) is 6.20. The van der Waals surface area contributed by atoms with Crippen LogP contribution in [0.2, 0.25) is 0 Å². The van der Waals surface area contributed by atoms with E-state index in [1.807, 2.05) is 0 Å². The lowest BCUT2D eigenvalue weighted by Crippen LogP contribution is -2.27. The zero-order valence-electron chi connectivity index (χ0n) is 10.3. The summed E-state index contributed by atoms with van der Waals surface area (Å²) in [5.74, 6) is 0.124. The van der Waals surface area contributed by atoms with Gasteiger partial charge in [0.25, 0.3) is 5.91 Å². The first-order valence-electron chi connectivity index (χ1n) is 5.44. The molecule has 0 aromatic carbocycles. The number of nitrogens with one attached hydrogen (secondary N) is 1. The predicted octanol–water partition coefficient (Wildman–Crippen LogP) is 1.02. The van der Waals surface area contributed by atoms with E-state index in [0.29, 0.717) is 30.0 Å². The highest BCUT2D eigenvalue weighted by Crippen LogP contribution is 2.10. The fraction of sp³-hybridized carbons (Fsp3) is 0.500. The number of methoxy groups -OCH3 is 1. The molecule has 0 radical (unpaired) electrons. The van der Waals surface area contributed by atoms with Crippen molar-refractivity contribution in [3.05, 3.63) is 33.4 Å². The van der Waals surface area contributed by atoms with Gasteiger partial charge in [-0.2, -0.15) is 0 Å². The third-order valence-electron chi connectivity index (χ3n) is 2.37. The van der Waals surface area contributed by atoms with Crippen LogP contribution in [-0.4, -0.2) is 26.2 Å². The van der Waals surface area contributed by atoms with E-state index < -0.39 is 5.63 Å². The van der Waals surface area contributed by atoms with Gasteiger partial charge in [-0.1, -0.05) is 0 Å². The van der Waals surface area contributed by atoms with Crippen LogP contribution in [0, 0.1) is 13.8 Å². The molecule has 0 aliphatic carbocycles. The summed E-state index contributed by atoms with van der Waals surface area (Å²) in [6, 6.07) is 1.32. The highest BCUT2D eigenvalue weighted by atomic mass is 16.5. The molecule has 17 heavy (non-hydrogen) atoms. The standard InChI is InChI=1S/C12H17NO4/c1-8-7-10(14)17-9(2)11(8)12(15)13-5-4-6-16-3/h7H,4-6H2,1-3H3,(H,13,15). The number of amides is 1. The lowest BCUT2D eigenvalue weighted by molar-refractivity contribution is 0.0944. The van der Waals surface area contributed by atoms with Gasteiger partial charge in [-0.25, -0.2) is 4.79 Å². The van der Waals surface area contributed by atoms with E-state index in [1.54, 1.807) is 21.0 Å². The van der Waals surface area contributed by atoms with Crippen LogP contribution >= 0.6 is 0 Å². The SMILES string of the molecule is COCCCNC(=O)c1c(C)cc(=O)oc1C. The van der Waals surface area contributed by atoms with Crippen molar-refractivity contribution >= 4 is 5.91 Å². The zero-order chi connectivity index (χ0) is 12.8. The molecule has 1 N–H and O–H groups in total.